The van der Waals surface area contributed by atoms with Crippen LogP contribution in [-0.2, 0) is 0 Å². The summed E-state index contributed by atoms with van der Waals surface area (Å²) in [4.78, 5) is 3.94. The van der Waals surface area contributed by atoms with E-state index in [2.05, 4.69) is 26.2 Å². The van der Waals surface area contributed by atoms with Crippen molar-refractivity contribution >= 4 is 26.8 Å². The molecule has 12 heavy (non-hydrogen) atoms. The second-order valence-electron chi connectivity index (χ2n) is 2.46. The van der Waals surface area contributed by atoms with E-state index in [-0.39, 0.29) is 16.6 Å². The molecule has 1 rings (SSSR count). The zero-order chi connectivity index (χ0) is 9.14. The summed E-state index contributed by atoms with van der Waals surface area (Å²) in [7, 11) is 0. The average molecular weight is 234 g/mol. The van der Waals surface area contributed by atoms with Gasteiger partial charge in [0.15, 0.2) is 5.83 Å². The number of hydrogen-bond acceptors (Lipinski definition) is 3. The molecule has 0 aromatic carbocycles. The highest BCUT2D eigenvalue weighted by atomic mass is 79.9. The first-order chi connectivity index (χ1) is 5.65. The highest BCUT2D eigenvalue weighted by molar-refractivity contribution is 9.18. The predicted octanol–water partition coefficient (Wildman–Crippen LogP) is 1.95. The van der Waals surface area contributed by atoms with E-state index in [1.807, 2.05) is 0 Å². The molecule has 0 saturated carbocycles. The van der Waals surface area contributed by atoms with Gasteiger partial charge >= 0.3 is 0 Å². The van der Waals surface area contributed by atoms with Gasteiger partial charge in [-0.15, -0.1) is 0 Å². The van der Waals surface area contributed by atoms with Crippen molar-refractivity contribution in [2.24, 2.45) is 4.99 Å². The van der Waals surface area contributed by atoms with Crippen LogP contribution in [0.3, 0.4) is 0 Å². The summed E-state index contributed by atoms with van der Waals surface area (Å²) in [5, 5.41) is 9.69. The Balaban J connectivity index is 2.76. The lowest BCUT2D eigenvalue weighted by Crippen LogP contribution is -2.31. The van der Waals surface area contributed by atoms with E-state index < -0.39 is 0 Å². The van der Waals surface area contributed by atoms with Gasteiger partial charge in [0.25, 0.3) is 0 Å². The lowest BCUT2D eigenvalue weighted by Gasteiger charge is -2.19. The minimum atomic E-state index is -0.365. The van der Waals surface area contributed by atoms with Gasteiger partial charge in [0, 0.05) is 12.1 Å². The van der Waals surface area contributed by atoms with Crippen LogP contribution in [0.4, 0.5) is 4.39 Å². The Hall–Kier alpha value is -0.710. The third-order valence-electron chi connectivity index (χ3n) is 1.50. The Kier molecular flexibility index (Phi) is 2.97. The Bertz CT molecular complexity index is 259. The van der Waals surface area contributed by atoms with Crippen molar-refractivity contribution in [2.45, 2.75) is 19.5 Å². The number of halogens is 2. The highest BCUT2D eigenvalue weighted by Gasteiger charge is 2.17. The Labute approximate surface area is 78.4 Å². The van der Waals surface area contributed by atoms with Gasteiger partial charge in [-0.2, -0.15) is 0 Å². The molecule has 0 fully saturated rings. The Morgan fingerprint density at radius 1 is 1.83 bits per heavy atom. The predicted molar refractivity (Wildman–Crippen MR) is 50.5 cm³/mol. The van der Waals surface area contributed by atoms with Crippen molar-refractivity contribution in [3.63, 3.8) is 0 Å². The molecule has 2 N–H and O–H groups in total. The summed E-state index contributed by atoms with van der Waals surface area (Å²) < 4.78 is 13.2. The number of rotatable bonds is 2. The second kappa shape index (κ2) is 3.80. The summed E-state index contributed by atoms with van der Waals surface area (Å²) in [6.45, 7) is 1.64. The van der Waals surface area contributed by atoms with Crippen molar-refractivity contribution < 1.29 is 4.39 Å². The van der Waals surface area contributed by atoms with Gasteiger partial charge in [0.1, 0.15) is 10.8 Å². The van der Waals surface area contributed by atoms with Gasteiger partial charge in [-0.1, -0.05) is 0 Å². The van der Waals surface area contributed by atoms with Crippen molar-refractivity contribution in [1.82, 2.24) is 5.32 Å². The second-order valence-corrected chi connectivity index (χ2v) is 3.21. The monoisotopic (exact) mass is 233 g/mol. The van der Waals surface area contributed by atoms with Crippen molar-refractivity contribution in [3.05, 3.63) is 11.5 Å². The van der Waals surface area contributed by atoms with Gasteiger partial charge in [0.2, 0.25) is 0 Å². The molecule has 66 valence electrons. The SMILES string of the molecule is CC1=C(F)C(Br)=NC(CC=N)N1. The number of nitrogens with one attached hydrogen (secondary N) is 2. The first kappa shape index (κ1) is 9.38. The Morgan fingerprint density at radius 3 is 3.00 bits per heavy atom. The van der Waals surface area contributed by atoms with E-state index in [0.717, 1.165) is 0 Å². The van der Waals surface area contributed by atoms with Crippen LogP contribution >= 0.6 is 15.9 Å². The summed E-state index contributed by atoms with van der Waals surface area (Å²) in [5.74, 6) is -0.365. The fourth-order valence-corrected chi connectivity index (χ4v) is 1.46. The first-order valence-corrected chi connectivity index (χ1v) is 4.30. The Morgan fingerprint density at radius 2 is 2.50 bits per heavy atom. The normalized spacial score (nSPS) is 23.2. The van der Waals surface area contributed by atoms with Crippen LogP contribution in [0.2, 0.25) is 0 Å². The molecule has 0 bridgehead atoms. The van der Waals surface area contributed by atoms with Crippen molar-refractivity contribution in [3.8, 4) is 0 Å². The maximum Gasteiger partial charge on any atom is 0.174 e. The van der Waals surface area contributed by atoms with Gasteiger partial charge < -0.3 is 10.7 Å². The molecule has 1 aliphatic heterocycles. The van der Waals surface area contributed by atoms with Crippen LogP contribution < -0.4 is 5.32 Å². The zero-order valence-corrected chi connectivity index (χ0v) is 8.15. The number of nitrogens with zero attached hydrogens (tertiary/aromatic N) is 1. The van der Waals surface area contributed by atoms with Crippen LogP contribution in [0, 0.1) is 5.41 Å². The van der Waals surface area contributed by atoms with Gasteiger partial charge in [-0.25, -0.2) is 9.38 Å². The fraction of sp³-hybridized carbons (Fsp3) is 0.429. The van der Waals surface area contributed by atoms with E-state index in [1.165, 1.54) is 6.21 Å². The zero-order valence-electron chi connectivity index (χ0n) is 6.56. The molecule has 1 atom stereocenters. The fourth-order valence-electron chi connectivity index (χ4n) is 0.917. The molecule has 0 radical (unpaired) electrons. The van der Waals surface area contributed by atoms with Crippen LogP contribution in [-0.4, -0.2) is 17.0 Å². The van der Waals surface area contributed by atoms with Gasteiger partial charge in [-0.3, -0.25) is 0 Å². The summed E-state index contributed by atoms with van der Waals surface area (Å²) in [6, 6.07) is 0. The van der Waals surface area contributed by atoms with Crippen LogP contribution in [0.15, 0.2) is 16.5 Å². The highest BCUT2D eigenvalue weighted by Crippen LogP contribution is 2.17. The lowest BCUT2D eigenvalue weighted by molar-refractivity contribution is 0.560. The molecular weight excluding hydrogens is 225 g/mol. The smallest absolute Gasteiger partial charge is 0.174 e. The number of allylic oxidation sites excluding steroid dienone is 2. The van der Waals surface area contributed by atoms with E-state index in [0.29, 0.717) is 12.1 Å². The summed E-state index contributed by atoms with van der Waals surface area (Å²) in [6.07, 6.45) is 1.51. The van der Waals surface area contributed by atoms with E-state index in [4.69, 9.17) is 5.41 Å². The maximum atomic E-state index is 13.0. The molecular formula is C7H9BrFN3. The van der Waals surface area contributed by atoms with Crippen molar-refractivity contribution in [1.29, 1.82) is 5.41 Å². The molecule has 1 heterocycles. The van der Waals surface area contributed by atoms with Crippen molar-refractivity contribution in [2.75, 3.05) is 0 Å². The number of hydrogen-bond donors (Lipinski definition) is 2. The van der Waals surface area contributed by atoms with E-state index in [1.54, 1.807) is 6.92 Å². The maximum absolute atomic E-state index is 13.0. The molecule has 1 aliphatic rings. The topological polar surface area (TPSA) is 48.2 Å². The summed E-state index contributed by atoms with van der Waals surface area (Å²) >= 11 is 3.01. The van der Waals surface area contributed by atoms with Crippen LogP contribution in [0.25, 0.3) is 0 Å². The van der Waals surface area contributed by atoms with Gasteiger partial charge in [0.05, 0.1) is 0 Å². The first-order valence-electron chi connectivity index (χ1n) is 3.50. The largest absolute Gasteiger partial charge is 0.365 e. The molecule has 5 heteroatoms. The number of aliphatic imine (C=N–C) groups is 1. The quantitative estimate of drug-likeness (QED) is 0.705. The molecule has 0 aromatic heterocycles. The molecule has 0 amide bonds. The molecule has 3 nitrogen and oxygen atoms in total. The van der Waals surface area contributed by atoms with Crippen LogP contribution in [0.1, 0.15) is 13.3 Å². The minimum Gasteiger partial charge on any atom is -0.365 e. The van der Waals surface area contributed by atoms with Gasteiger partial charge in [-0.05, 0) is 29.1 Å². The third kappa shape index (κ3) is 1.91. The molecule has 0 aliphatic carbocycles. The lowest BCUT2D eigenvalue weighted by atomic mass is 10.3. The molecule has 1 unspecified atom stereocenters. The average Bonchev–Trinajstić information content (AvgIpc) is 2.01. The van der Waals surface area contributed by atoms with Crippen LogP contribution in [0.5, 0.6) is 0 Å². The minimum absolute atomic E-state index is 0.212. The molecule has 0 saturated heterocycles. The molecule has 0 spiro atoms. The third-order valence-corrected chi connectivity index (χ3v) is 2.06. The van der Waals surface area contributed by atoms with E-state index >= 15 is 0 Å². The van der Waals surface area contributed by atoms with E-state index in [9.17, 15) is 4.39 Å². The molecule has 0 aromatic rings. The summed E-state index contributed by atoms with van der Waals surface area (Å²) in [5.41, 5.74) is 0.462. The standard InChI is InChI=1S/C7H9BrFN3/c1-4-6(9)7(8)12-5(11-4)2-3-10/h3,5,10-11H,2H2,1H3.